The number of hydrogen-bond donors (Lipinski definition) is 1. The van der Waals surface area contributed by atoms with Gasteiger partial charge in [0.15, 0.2) is 0 Å². The van der Waals surface area contributed by atoms with Gasteiger partial charge in [-0.2, -0.15) is 0 Å². The summed E-state index contributed by atoms with van der Waals surface area (Å²) in [6.45, 7) is 5.01. The van der Waals surface area contributed by atoms with Crippen LogP contribution >= 0.6 is 0 Å². The van der Waals surface area contributed by atoms with Crippen molar-refractivity contribution in [1.29, 1.82) is 5.41 Å². The molecule has 9 heavy (non-hydrogen) atoms. The van der Waals surface area contributed by atoms with E-state index in [1.165, 1.54) is 0 Å². The van der Waals surface area contributed by atoms with Crippen LogP contribution in [0, 0.1) is 5.41 Å². The van der Waals surface area contributed by atoms with Gasteiger partial charge in [0.25, 0.3) is 0 Å². The highest BCUT2D eigenvalue weighted by Gasteiger charge is 1.88. The molecule has 0 radical (unpaired) electrons. The van der Waals surface area contributed by atoms with Crippen LogP contribution in [-0.2, 0) is 0 Å². The number of hydrogen-bond acceptors (Lipinski definition) is 1. The molecule has 1 nitrogen and oxygen atoms in total. The van der Waals surface area contributed by atoms with Crippen molar-refractivity contribution in [3.05, 3.63) is 24.6 Å². The van der Waals surface area contributed by atoms with Crippen molar-refractivity contribution in [1.82, 2.24) is 0 Å². The zero-order valence-corrected chi connectivity index (χ0v) is 5.45. The van der Waals surface area contributed by atoms with E-state index in [4.69, 9.17) is 5.41 Å². The SMILES string of the molecule is C=C/C(F)=C\C(=N)CC. The first-order valence-corrected chi connectivity index (χ1v) is 2.77. The Morgan fingerprint density at radius 1 is 1.78 bits per heavy atom. The van der Waals surface area contributed by atoms with E-state index in [0.717, 1.165) is 12.2 Å². The summed E-state index contributed by atoms with van der Waals surface area (Å²) in [6, 6.07) is 0. The average molecular weight is 127 g/mol. The molecule has 0 fully saturated rings. The Labute approximate surface area is 54.4 Å². The maximum atomic E-state index is 12.2. The van der Waals surface area contributed by atoms with E-state index in [-0.39, 0.29) is 5.71 Å². The molecular formula is C7H10FN. The molecule has 0 aromatic carbocycles. The van der Waals surface area contributed by atoms with Gasteiger partial charge in [0.1, 0.15) is 5.83 Å². The Bertz CT molecular complexity index is 147. The van der Waals surface area contributed by atoms with Crippen LogP contribution in [0.4, 0.5) is 4.39 Å². The van der Waals surface area contributed by atoms with E-state index in [0.29, 0.717) is 6.42 Å². The second-order valence-electron chi connectivity index (χ2n) is 1.61. The van der Waals surface area contributed by atoms with E-state index in [9.17, 15) is 4.39 Å². The van der Waals surface area contributed by atoms with Gasteiger partial charge in [-0.1, -0.05) is 13.5 Å². The van der Waals surface area contributed by atoms with Gasteiger partial charge in [0.2, 0.25) is 0 Å². The van der Waals surface area contributed by atoms with Crippen LogP contribution in [0.15, 0.2) is 24.6 Å². The van der Waals surface area contributed by atoms with Crippen molar-refractivity contribution in [2.24, 2.45) is 0 Å². The molecule has 50 valence electrons. The third-order valence-corrected chi connectivity index (χ3v) is 0.888. The van der Waals surface area contributed by atoms with Gasteiger partial charge in [-0.15, -0.1) is 0 Å². The van der Waals surface area contributed by atoms with Crippen molar-refractivity contribution >= 4 is 5.71 Å². The first-order chi connectivity index (χ1) is 4.20. The van der Waals surface area contributed by atoms with Gasteiger partial charge in [0, 0.05) is 5.71 Å². The highest BCUT2D eigenvalue weighted by atomic mass is 19.1. The van der Waals surface area contributed by atoms with Crippen LogP contribution in [0.5, 0.6) is 0 Å². The largest absolute Gasteiger partial charge is 0.305 e. The zero-order chi connectivity index (χ0) is 7.28. The van der Waals surface area contributed by atoms with E-state index >= 15 is 0 Å². The first-order valence-electron chi connectivity index (χ1n) is 2.77. The fourth-order valence-corrected chi connectivity index (χ4v) is 0.327. The summed E-state index contributed by atoms with van der Waals surface area (Å²) < 4.78 is 12.2. The Hall–Kier alpha value is -0.920. The predicted molar refractivity (Wildman–Crippen MR) is 37.4 cm³/mol. The normalized spacial score (nSPS) is 11.1. The minimum Gasteiger partial charge on any atom is -0.305 e. The third kappa shape index (κ3) is 3.64. The molecule has 0 aliphatic heterocycles. The van der Waals surface area contributed by atoms with Crippen LogP contribution in [0.1, 0.15) is 13.3 Å². The molecular weight excluding hydrogens is 117 g/mol. The van der Waals surface area contributed by atoms with Gasteiger partial charge in [-0.05, 0) is 18.6 Å². The second-order valence-corrected chi connectivity index (χ2v) is 1.61. The smallest absolute Gasteiger partial charge is 0.124 e. The average Bonchev–Trinajstić information content (AvgIpc) is 1.87. The molecule has 0 spiro atoms. The lowest BCUT2D eigenvalue weighted by Crippen LogP contribution is -1.86. The second kappa shape index (κ2) is 4.01. The number of halogens is 1. The Balaban J connectivity index is 3.94. The van der Waals surface area contributed by atoms with E-state index < -0.39 is 5.83 Å². The number of rotatable bonds is 3. The Morgan fingerprint density at radius 3 is 2.67 bits per heavy atom. The molecule has 0 aromatic heterocycles. The quantitative estimate of drug-likeness (QED) is 0.444. The lowest BCUT2D eigenvalue weighted by Gasteiger charge is -1.87. The molecule has 0 atom stereocenters. The molecule has 0 aliphatic rings. The van der Waals surface area contributed by atoms with Gasteiger partial charge in [-0.3, -0.25) is 0 Å². The standard InChI is InChI=1S/C7H10FN/c1-3-6(8)5-7(9)4-2/h3,5,9H,1,4H2,2H3/b6-5+,9-7?. The zero-order valence-electron chi connectivity index (χ0n) is 5.45. The van der Waals surface area contributed by atoms with E-state index in [1.807, 2.05) is 0 Å². The van der Waals surface area contributed by atoms with Gasteiger partial charge < -0.3 is 5.41 Å². The van der Waals surface area contributed by atoms with Crippen molar-refractivity contribution in [2.75, 3.05) is 0 Å². The summed E-state index contributed by atoms with van der Waals surface area (Å²) in [5.41, 5.74) is 0.285. The molecule has 0 unspecified atom stereocenters. The number of nitrogens with one attached hydrogen (secondary N) is 1. The van der Waals surface area contributed by atoms with Crippen LogP contribution < -0.4 is 0 Å². The Morgan fingerprint density at radius 2 is 2.33 bits per heavy atom. The molecule has 0 saturated heterocycles. The molecule has 0 aromatic rings. The molecule has 2 heteroatoms. The molecule has 0 aliphatic carbocycles. The summed E-state index contributed by atoms with van der Waals surface area (Å²) in [5, 5.41) is 7.01. The molecule has 0 amide bonds. The first kappa shape index (κ1) is 8.08. The summed E-state index contributed by atoms with van der Waals surface area (Å²) >= 11 is 0. The van der Waals surface area contributed by atoms with Crippen molar-refractivity contribution in [3.63, 3.8) is 0 Å². The van der Waals surface area contributed by atoms with Crippen LogP contribution in [-0.4, -0.2) is 5.71 Å². The molecule has 1 N–H and O–H groups in total. The topological polar surface area (TPSA) is 23.9 Å². The van der Waals surface area contributed by atoms with Crippen LogP contribution in [0.2, 0.25) is 0 Å². The fraction of sp³-hybridized carbons (Fsp3) is 0.286. The molecule has 0 bridgehead atoms. The summed E-state index contributed by atoms with van der Waals surface area (Å²) in [6.07, 6.45) is 2.80. The van der Waals surface area contributed by atoms with Crippen LogP contribution in [0.25, 0.3) is 0 Å². The van der Waals surface area contributed by atoms with Crippen molar-refractivity contribution in [3.8, 4) is 0 Å². The van der Waals surface area contributed by atoms with E-state index in [1.54, 1.807) is 6.92 Å². The minimum absolute atomic E-state index is 0.285. The highest BCUT2D eigenvalue weighted by Crippen LogP contribution is 1.97. The van der Waals surface area contributed by atoms with Gasteiger partial charge in [-0.25, -0.2) is 4.39 Å². The highest BCUT2D eigenvalue weighted by molar-refractivity contribution is 5.92. The molecule has 0 rings (SSSR count). The van der Waals surface area contributed by atoms with Crippen molar-refractivity contribution < 1.29 is 4.39 Å². The van der Waals surface area contributed by atoms with Crippen molar-refractivity contribution in [2.45, 2.75) is 13.3 Å². The monoisotopic (exact) mass is 127 g/mol. The third-order valence-electron chi connectivity index (χ3n) is 0.888. The van der Waals surface area contributed by atoms with Crippen LogP contribution in [0.3, 0.4) is 0 Å². The molecule has 0 saturated carbocycles. The number of allylic oxidation sites excluding steroid dienone is 3. The molecule has 0 heterocycles. The van der Waals surface area contributed by atoms with Gasteiger partial charge >= 0.3 is 0 Å². The summed E-state index contributed by atoms with van der Waals surface area (Å²) in [5.74, 6) is -0.443. The summed E-state index contributed by atoms with van der Waals surface area (Å²) in [4.78, 5) is 0. The van der Waals surface area contributed by atoms with Gasteiger partial charge in [0.05, 0.1) is 0 Å². The minimum atomic E-state index is -0.443. The lowest BCUT2D eigenvalue weighted by atomic mass is 10.2. The maximum absolute atomic E-state index is 12.2. The lowest BCUT2D eigenvalue weighted by molar-refractivity contribution is 0.668. The maximum Gasteiger partial charge on any atom is 0.124 e. The predicted octanol–water partition coefficient (Wildman–Crippen LogP) is 2.46. The fourth-order valence-electron chi connectivity index (χ4n) is 0.327. The Kier molecular flexibility index (Phi) is 3.60. The van der Waals surface area contributed by atoms with E-state index in [2.05, 4.69) is 6.58 Å². The summed E-state index contributed by atoms with van der Waals surface area (Å²) in [7, 11) is 0.